The van der Waals surface area contributed by atoms with E-state index in [-0.39, 0.29) is 11.4 Å². The molecule has 3 heteroatoms. The number of ether oxygens (including phenoxy) is 1. The first-order valence-corrected chi connectivity index (χ1v) is 13.5. The SMILES string of the molecule is C=C(CCCC(C)C(C)C=CC=C=CC(C)=NCCC(=CCC)CCCCC(=O)OC)C(C)(C)C. The number of unbranched alkanes of at least 4 members (excludes halogenated alkanes) is 1. The molecular formula is C32H53NO2. The van der Waals surface area contributed by atoms with Crippen LogP contribution in [0.15, 0.2) is 58.8 Å². The fourth-order valence-corrected chi connectivity index (χ4v) is 3.68. The van der Waals surface area contributed by atoms with E-state index in [1.807, 2.05) is 19.1 Å². The predicted octanol–water partition coefficient (Wildman–Crippen LogP) is 9.22. The summed E-state index contributed by atoms with van der Waals surface area (Å²) in [6.45, 7) is 20.6. The number of esters is 1. The van der Waals surface area contributed by atoms with Crippen molar-refractivity contribution in [1.29, 1.82) is 0 Å². The Hall–Kier alpha value is -2.12. The zero-order valence-corrected chi connectivity index (χ0v) is 24.1. The van der Waals surface area contributed by atoms with E-state index in [2.05, 4.69) is 77.1 Å². The third-order valence-electron chi connectivity index (χ3n) is 6.64. The molecule has 0 rings (SSSR count). The summed E-state index contributed by atoms with van der Waals surface area (Å²) in [5, 5.41) is 0. The average Bonchev–Trinajstić information content (AvgIpc) is 2.80. The van der Waals surface area contributed by atoms with Crippen molar-refractivity contribution in [2.24, 2.45) is 22.2 Å². The maximum absolute atomic E-state index is 11.2. The average molecular weight is 484 g/mol. The van der Waals surface area contributed by atoms with Gasteiger partial charge in [0.1, 0.15) is 0 Å². The summed E-state index contributed by atoms with van der Waals surface area (Å²) in [6, 6.07) is 0. The number of methoxy groups -OCH3 is 1. The summed E-state index contributed by atoms with van der Waals surface area (Å²) in [7, 11) is 1.45. The molecule has 0 aromatic carbocycles. The molecule has 0 aromatic rings. The number of nitrogens with zero attached hydrogens (tertiary/aromatic N) is 1. The lowest BCUT2D eigenvalue weighted by Crippen LogP contribution is -2.10. The Morgan fingerprint density at radius 1 is 1.09 bits per heavy atom. The van der Waals surface area contributed by atoms with Crippen LogP contribution < -0.4 is 0 Å². The highest BCUT2D eigenvalue weighted by Gasteiger charge is 2.15. The minimum atomic E-state index is -0.122. The Morgan fingerprint density at radius 2 is 1.77 bits per heavy atom. The van der Waals surface area contributed by atoms with Gasteiger partial charge in [0, 0.05) is 24.8 Å². The summed E-state index contributed by atoms with van der Waals surface area (Å²) in [5.74, 6) is 1.08. The van der Waals surface area contributed by atoms with Crippen molar-refractivity contribution in [3.63, 3.8) is 0 Å². The number of hydrogen-bond donors (Lipinski definition) is 0. The van der Waals surface area contributed by atoms with Gasteiger partial charge in [-0.05, 0) is 81.6 Å². The molecule has 0 N–H and O–H groups in total. The van der Waals surface area contributed by atoms with Crippen LogP contribution in [0.5, 0.6) is 0 Å². The van der Waals surface area contributed by atoms with E-state index in [1.54, 1.807) is 0 Å². The molecule has 2 atom stereocenters. The minimum Gasteiger partial charge on any atom is -0.469 e. The van der Waals surface area contributed by atoms with Gasteiger partial charge >= 0.3 is 5.97 Å². The molecule has 0 saturated heterocycles. The Labute approximate surface area is 217 Å². The van der Waals surface area contributed by atoms with Gasteiger partial charge < -0.3 is 4.74 Å². The van der Waals surface area contributed by atoms with Gasteiger partial charge in [-0.3, -0.25) is 9.79 Å². The first-order chi connectivity index (χ1) is 16.5. The molecular weight excluding hydrogens is 430 g/mol. The normalized spacial score (nSPS) is 14.4. The first-order valence-electron chi connectivity index (χ1n) is 13.5. The minimum absolute atomic E-state index is 0.122. The molecule has 0 aromatic heterocycles. The van der Waals surface area contributed by atoms with Gasteiger partial charge in [0.15, 0.2) is 0 Å². The van der Waals surface area contributed by atoms with Crippen LogP contribution in [0.1, 0.15) is 106 Å². The van der Waals surface area contributed by atoms with Gasteiger partial charge in [0.05, 0.1) is 7.11 Å². The fourth-order valence-electron chi connectivity index (χ4n) is 3.68. The summed E-state index contributed by atoms with van der Waals surface area (Å²) >= 11 is 0. The first kappa shape index (κ1) is 32.9. The molecule has 0 heterocycles. The second-order valence-electron chi connectivity index (χ2n) is 10.8. The van der Waals surface area contributed by atoms with E-state index in [0.29, 0.717) is 18.3 Å². The van der Waals surface area contributed by atoms with Crippen molar-refractivity contribution < 1.29 is 9.53 Å². The van der Waals surface area contributed by atoms with Crippen LogP contribution in [0.4, 0.5) is 0 Å². The largest absolute Gasteiger partial charge is 0.469 e. The zero-order chi connectivity index (χ0) is 26.7. The number of rotatable bonds is 17. The third kappa shape index (κ3) is 17.9. The predicted molar refractivity (Wildman–Crippen MR) is 154 cm³/mol. The smallest absolute Gasteiger partial charge is 0.305 e. The van der Waals surface area contributed by atoms with E-state index < -0.39 is 0 Å². The molecule has 0 amide bonds. The standard InChI is InChI=1S/C32H53NO2/c1-10-17-30(22-14-15-23-31(34)35-9)24-25-33-29(5)21-13-11-12-18-26(2)27(3)19-16-20-28(4)32(6,7)8/h11-12,17-18,21,26-27H,4,10,14-16,19-20,22-25H2,1-3,5-9H3. The maximum atomic E-state index is 11.2. The molecule has 0 aliphatic rings. The molecule has 3 nitrogen and oxygen atoms in total. The van der Waals surface area contributed by atoms with Gasteiger partial charge in [0.25, 0.3) is 0 Å². The van der Waals surface area contributed by atoms with Gasteiger partial charge in [-0.1, -0.05) is 77.5 Å². The van der Waals surface area contributed by atoms with E-state index in [9.17, 15) is 4.79 Å². The van der Waals surface area contributed by atoms with Crippen LogP contribution in [0.25, 0.3) is 0 Å². The van der Waals surface area contributed by atoms with Crippen molar-refractivity contribution in [2.75, 3.05) is 13.7 Å². The highest BCUT2D eigenvalue weighted by atomic mass is 16.5. The number of hydrogen-bond acceptors (Lipinski definition) is 3. The molecule has 0 bridgehead atoms. The second-order valence-corrected chi connectivity index (χ2v) is 10.8. The van der Waals surface area contributed by atoms with Crippen LogP contribution in [-0.2, 0) is 9.53 Å². The van der Waals surface area contributed by atoms with E-state index in [4.69, 9.17) is 4.74 Å². The Kier molecular flexibility index (Phi) is 18.0. The van der Waals surface area contributed by atoms with Crippen molar-refractivity contribution in [1.82, 2.24) is 0 Å². The van der Waals surface area contributed by atoms with Crippen LogP contribution in [-0.4, -0.2) is 25.3 Å². The monoisotopic (exact) mass is 483 g/mol. The van der Waals surface area contributed by atoms with Crippen LogP contribution in [0, 0.1) is 17.3 Å². The van der Waals surface area contributed by atoms with E-state index in [1.165, 1.54) is 31.1 Å². The van der Waals surface area contributed by atoms with Gasteiger partial charge in [-0.15, -0.1) is 5.73 Å². The Balaban J connectivity index is 4.42. The number of aliphatic imine (C=N–C) groups is 1. The number of carbonyl (C=O) groups excluding carboxylic acids is 1. The number of carbonyl (C=O) groups is 1. The van der Waals surface area contributed by atoms with Crippen molar-refractivity contribution in [2.45, 2.75) is 106 Å². The molecule has 0 aliphatic heterocycles. The van der Waals surface area contributed by atoms with Gasteiger partial charge in [-0.25, -0.2) is 0 Å². The molecule has 0 aliphatic carbocycles. The van der Waals surface area contributed by atoms with Crippen LogP contribution >= 0.6 is 0 Å². The molecule has 0 spiro atoms. The van der Waals surface area contributed by atoms with E-state index in [0.717, 1.165) is 50.8 Å². The molecule has 0 saturated carbocycles. The van der Waals surface area contributed by atoms with E-state index >= 15 is 0 Å². The fraction of sp³-hybridized carbons (Fsp3) is 0.656. The lowest BCUT2D eigenvalue weighted by molar-refractivity contribution is -0.140. The quantitative estimate of drug-likeness (QED) is 0.0516. The zero-order valence-electron chi connectivity index (χ0n) is 24.1. The molecule has 0 radical (unpaired) electrons. The second kappa shape index (κ2) is 19.1. The van der Waals surface area contributed by atoms with Gasteiger partial charge in [-0.2, -0.15) is 0 Å². The highest BCUT2D eigenvalue weighted by molar-refractivity contribution is 5.92. The summed E-state index contributed by atoms with van der Waals surface area (Å²) in [5.41, 5.74) is 7.24. The molecule has 198 valence electrons. The molecule has 0 fully saturated rings. The Morgan fingerprint density at radius 3 is 2.40 bits per heavy atom. The van der Waals surface area contributed by atoms with Crippen molar-refractivity contribution in [3.05, 3.63) is 53.8 Å². The lowest BCUT2D eigenvalue weighted by Gasteiger charge is -2.23. The third-order valence-corrected chi connectivity index (χ3v) is 6.64. The van der Waals surface area contributed by atoms with Crippen LogP contribution in [0.2, 0.25) is 0 Å². The maximum Gasteiger partial charge on any atom is 0.305 e. The van der Waals surface area contributed by atoms with Crippen molar-refractivity contribution in [3.8, 4) is 0 Å². The van der Waals surface area contributed by atoms with Gasteiger partial charge in [0.2, 0.25) is 0 Å². The Bertz CT molecular complexity index is 770. The molecule has 2 unspecified atom stereocenters. The topological polar surface area (TPSA) is 38.7 Å². The van der Waals surface area contributed by atoms with Crippen LogP contribution in [0.3, 0.4) is 0 Å². The highest BCUT2D eigenvalue weighted by Crippen LogP contribution is 2.29. The summed E-state index contributed by atoms with van der Waals surface area (Å²) in [6.07, 6.45) is 19.6. The lowest BCUT2D eigenvalue weighted by atomic mass is 9.83. The molecule has 35 heavy (non-hydrogen) atoms. The van der Waals surface area contributed by atoms with Crippen molar-refractivity contribution >= 4 is 11.7 Å². The summed E-state index contributed by atoms with van der Waals surface area (Å²) in [4.78, 5) is 15.9. The summed E-state index contributed by atoms with van der Waals surface area (Å²) < 4.78 is 4.71. The number of allylic oxidation sites excluding steroid dienone is 5.